The zero-order chi connectivity index (χ0) is 50.0. The van der Waals surface area contributed by atoms with Crippen molar-refractivity contribution < 1.29 is 71.3 Å². The molecule has 0 aromatic heterocycles. The van der Waals surface area contributed by atoms with Crippen molar-refractivity contribution in [2.75, 3.05) is 137 Å². The summed E-state index contributed by atoms with van der Waals surface area (Å²) in [5.74, 6) is -2.71. The van der Waals surface area contributed by atoms with Crippen LogP contribution in [0.4, 0.5) is 5.69 Å². The van der Waals surface area contributed by atoms with E-state index in [0.29, 0.717) is 132 Å². The van der Waals surface area contributed by atoms with E-state index in [4.69, 9.17) is 47.4 Å². The summed E-state index contributed by atoms with van der Waals surface area (Å²) in [5, 5.41) is 4.92. The molecular formula is C52H87N3O15. The topological polar surface area (TPSA) is 205 Å². The van der Waals surface area contributed by atoms with E-state index in [2.05, 4.69) is 17.6 Å². The number of rotatable bonds is 49. The first-order valence-corrected chi connectivity index (χ1v) is 26.4. The number of anilines is 1. The summed E-state index contributed by atoms with van der Waals surface area (Å²) in [6.45, 7) is 12.6. The van der Waals surface area contributed by atoms with Crippen molar-refractivity contribution in [2.45, 2.75) is 135 Å². The maximum atomic E-state index is 13.2. The second kappa shape index (κ2) is 42.1. The summed E-state index contributed by atoms with van der Waals surface area (Å²) >= 11 is 0. The molecule has 1 atom stereocenters. The number of amides is 5. The number of benzene rings is 1. The number of hydrogen-bond acceptors (Lipinski definition) is 15. The van der Waals surface area contributed by atoms with Crippen LogP contribution in [0.5, 0.6) is 0 Å². The van der Waals surface area contributed by atoms with Crippen molar-refractivity contribution >= 4 is 35.2 Å². The number of carbonyl (C=O) groups is 5. The van der Waals surface area contributed by atoms with Crippen LogP contribution in [0, 0.1) is 0 Å². The average molecular weight is 994 g/mol. The quantitative estimate of drug-likeness (QED) is 0.0507. The van der Waals surface area contributed by atoms with Gasteiger partial charge >= 0.3 is 0 Å². The molecule has 0 spiro atoms. The number of ether oxygens (including phenoxy) is 10. The van der Waals surface area contributed by atoms with Crippen LogP contribution in [0.15, 0.2) is 18.2 Å². The third-order valence-corrected chi connectivity index (χ3v) is 11.7. The molecule has 0 bridgehead atoms. The van der Waals surface area contributed by atoms with Crippen LogP contribution in [0.2, 0.25) is 0 Å². The number of fused-ring (bicyclic) bond motifs is 1. The minimum atomic E-state index is -1.07. The van der Waals surface area contributed by atoms with Crippen LogP contribution in [0.3, 0.4) is 0 Å². The Kier molecular flexibility index (Phi) is 36.6. The minimum absolute atomic E-state index is 0.0289. The highest BCUT2D eigenvalue weighted by atomic mass is 16.6. The van der Waals surface area contributed by atoms with Gasteiger partial charge in [-0.3, -0.25) is 34.2 Å². The van der Waals surface area contributed by atoms with Gasteiger partial charge in [0.15, 0.2) is 0 Å². The fourth-order valence-corrected chi connectivity index (χ4v) is 7.80. The molecule has 2 aliphatic rings. The summed E-state index contributed by atoms with van der Waals surface area (Å²) in [7, 11) is 0. The first-order valence-electron chi connectivity index (χ1n) is 26.4. The lowest BCUT2D eigenvalue weighted by molar-refractivity contribution is -0.136. The molecule has 3 rings (SSSR count). The number of imide groups is 2. The van der Waals surface area contributed by atoms with Gasteiger partial charge in [-0.1, -0.05) is 96.5 Å². The van der Waals surface area contributed by atoms with Gasteiger partial charge < -0.3 is 52.7 Å². The van der Waals surface area contributed by atoms with E-state index in [0.717, 1.165) is 30.8 Å². The van der Waals surface area contributed by atoms with Gasteiger partial charge in [0.25, 0.3) is 11.8 Å². The van der Waals surface area contributed by atoms with Crippen molar-refractivity contribution in [1.82, 2.24) is 10.2 Å². The maximum Gasteiger partial charge on any atom is 0.264 e. The molecule has 1 fully saturated rings. The van der Waals surface area contributed by atoms with E-state index >= 15 is 0 Å². The molecule has 1 aromatic carbocycles. The Balaban J connectivity index is 0.946. The Hall–Kier alpha value is -3.43. The Morgan fingerprint density at radius 3 is 1.27 bits per heavy atom. The average Bonchev–Trinajstić information content (AvgIpc) is 3.61. The summed E-state index contributed by atoms with van der Waals surface area (Å²) in [6.07, 6.45) is 20.1. The lowest BCUT2D eigenvalue weighted by atomic mass is 10.0. The molecule has 18 nitrogen and oxygen atoms in total. The molecule has 0 radical (unpaired) electrons. The first-order chi connectivity index (χ1) is 34.4. The van der Waals surface area contributed by atoms with E-state index in [1.165, 1.54) is 83.1 Å². The van der Waals surface area contributed by atoms with Gasteiger partial charge in [-0.2, -0.15) is 0 Å². The summed E-state index contributed by atoms with van der Waals surface area (Å²) in [5.41, 5.74) is 0.387. The van der Waals surface area contributed by atoms with Gasteiger partial charge in [0.2, 0.25) is 17.7 Å². The molecule has 70 heavy (non-hydrogen) atoms. The Labute approximate surface area is 417 Å². The highest BCUT2D eigenvalue weighted by Gasteiger charge is 2.45. The van der Waals surface area contributed by atoms with Crippen molar-refractivity contribution in [1.29, 1.82) is 0 Å². The van der Waals surface area contributed by atoms with Gasteiger partial charge in [-0.05, 0) is 37.8 Å². The van der Waals surface area contributed by atoms with Crippen LogP contribution in [0.25, 0.3) is 0 Å². The van der Waals surface area contributed by atoms with Crippen molar-refractivity contribution in [2.24, 2.45) is 0 Å². The maximum absolute atomic E-state index is 13.2. The smallest absolute Gasteiger partial charge is 0.264 e. The highest BCUT2D eigenvalue weighted by Crippen LogP contribution is 2.32. The second-order valence-electron chi connectivity index (χ2n) is 17.4. The number of nitrogens with zero attached hydrogens (tertiary/aromatic N) is 1. The van der Waals surface area contributed by atoms with Gasteiger partial charge in [-0.25, -0.2) is 0 Å². The number of nitrogens with one attached hydrogen (secondary N) is 2. The van der Waals surface area contributed by atoms with Crippen molar-refractivity contribution in [3.63, 3.8) is 0 Å². The molecule has 1 aromatic rings. The van der Waals surface area contributed by atoms with Gasteiger partial charge in [0.05, 0.1) is 136 Å². The Morgan fingerprint density at radius 2 is 0.871 bits per heavy atom. The van der Waals surface area contributed by atoms with Crippen molar-refractivity contribution in [3.05, 3.63) is 29.3 Å². The number of hydrogen-bond donors (Lipinski definition) is 2. The molecule has 0 saturated carbocycles. The summed E-state index contributed by atoms with van der Waals surface area (Å²) in [6, 6.07) is 3.54. The predicted octanol–water partition coefficient (Wildman–Crippen LogP) is 6.84. The first kappa shape index (κ1) is 60.9. The monoisotopic (exact) mass is 994 g/mol. The molecule has 1 unspecified atom stereocenters. The molecular weight excluding hydrogens is 907 g/mol. The number of unbranched alkanes of at least 4 members (excludes halogenated alkanes) is 14. The third-order valence-electron chi connectivity index (χ3n) is 11.7. The molecule has 2 aliphatic heterocycles. The number of carbonyl (C=O) groups excluding carboxylic acids is 5. The molecule has 18 heteroatoms. The van der Waals surface area contributed by atoms with E-state index in [1.807, 2.05) is 0 Å². The fraction of sp³-hybridized carbons (Fsp3) is 0.788. The van der Waals surface area contributed by atoms with Crippen LogP contribution < -0.4 is 10.6 Å². The SMILES string of the molecule is CCCCCCCCCCCCCCCOCCOCCOCCOCCOCCOCCOCCOCCOCCOCCCCCC(=O)Nc1cccc2c1C(=O)N(C1CCC(=O)NC1=O)C2=O. The minimum Gasteiger partial charge on any atom is -0.379 e. The summed E-state index contributed by atoms with van der Waals surface area (Å²) < 4.78 is 55.6. The van der Waals surface area contributed by atoms with Crippen molar-refractivity contribution in [3.8, 4) is 0 Å². The molecule has 5 amide bonds. The Bertz CT molecular complexity index is 1550. The zero-order valence-electron chi connectivity index (χ0n) is 42.5. The lowest BCUT2D eigenvalue weighted by Gasteiger charge is -2.27. The van der Waals surface area contributed by atoms with E-state index in [1.54, 1.807) is 12.1 Å². The second-order valence-corrected chi connectivity index (χ2v) is 17.4. The normalized spacial score (nSPS) is 14.8. The predicted molar refractivity (Wildman–Crippen MR) is 264 cm³/mol. The van der Waals surface area contributed by atoms with Crippen LogP contribution in [0.1, 0.15) is 150 Å². The molecule has 2 heterocycles. The van der Waals surface area contributed by atoms with Gasteiger partial charge in [0.1, 0.15) is 6.04 Å². The van der Waals surface area contributed by atoms with Gasteiger partial charge in [-0.15, -0.1) is 0 Å². The van der Waals surface area contributed by atoms with Crippen LogP contribution >= 0.6 is 0 Å². The molecule has 0 aliphatic carbocycles. The highest BCUT2D eigenvalue weighted by molar-refractivity contribution is 6.26. The molecule has 2 N–H and O–H groups in total. The largest absolute Gasteiger partial charge is 0.379 e. The fourth-order valence-electron chi connectivity index (χ4n) is 7.80. The Morgan fingerprint density at radius 1 is 0.500 bits per heavy atom. The van der Waals surface area contributed by atoms with Gasteiger partial charge in [0, 0.05) is 26.1 Å². The zero-order valence-corrected chi connectivity index (χ0v) is 42.5. The lowest BCUT2D eigenvalue weighted by Crippen LogP contribution is -2.54. The standard InChI is InChI=1S/C52H87N3O15/c1-2-3-4-5-6-7-8-9-10-11-12-13-16-24-61-26-28-63-30-32-65-34-36-67-38-40-69-42-43-70-41-39-68-37-35-66-33-31-64-29-27-62-25-17-14-15-21-47(56)53-45-20-18-19-44-49(45)52(60)55(51(44)59)46-22-23-48(57)54-50(46)58/h18-20,46H,2-17,21-43H2,1H3,(H,53,56)(H,54,57,58). The van der Waals surface area contributed by atoms with Crippen LogP contribution in [-0.2, 0) is 61.8 Å². The third kappa shape index (κ3) is 28.6. The summed E-state index contributed by atoms with van der Waals surface area (Å²) in [4.78, 5) is 63.7. The molecule has 1 saturated heterocycles. The van der Waals surface area contributed by atoms with Crippen LogP contribution in [-0.4, -0.2) is 173 Å². The van der Waals surface area contributed by atoms with E-state index in [9.17, 15) is 24.0 Å². The van der Waals surface area contributed by atoms with E-state index < -0.39 is 29.7 Å². The van der Waals surface area contributed by atoms with E-state index in [-0.39, 0.29) is 42.0 Å². The number of piperidine rings is 1. The molecule has 400 valence electrons.